The van der Waals surface area contributed by atoms with Crippen molar-refractivity contribution >= 4 is 44.8 Å². The maximum atomic E-state index is 11.8. The van der Waals surface area contributed by atoms with E-state index in [2.05, 4.69) is 25.6 Å². The molecule has 0 unspecified atom stereocenters. The first-order valence-corrected chi connectivity index (χ1v) is 9.61. The number of nitrogens with zero attached hydrogens (tertiary/aromatic N) is 3. The molecule has 134 valence electrons. The quantitative estimate of drug-likeness (QED) is 0.634. The second kappa shape index (κ2) is 7.25. The summed E-state index contributed by atoms with van der Waals surface area (Å²) in [4.78, 5) is 25.8. The number of nitrogens with two attached hydrogens (primary N) is 1. The van der Waals surface area contributed by atoms with Gasteiger partial charge in [0.1, 0.15) is 10.6 Å². The molecule has 1 saturated carbocycles. The van der Waals surface area contributed by atoms with Crippen molar-refractivity contribution in [2.24, 2.45) is 5.73 Å². The Morgan fingerprint density at radius 1 is 1.23 bits per heavy atom. The van der Waals surface area contributed by atoms with Crippen LogP contribution in [0.25, 0.3) is 10.2 Å². The van der Waals surface area contributed by atoms with E-state index in [1.807, 2.05) is 17.5 Å². The van der Waals surface area contributed by atoms with Gasteiger partial charge in [0.05, 0.1) is 11.9 Å². The predicted octanol–water partition coefficient (Wildman–Crippen LogP) is 3.67. The Morgan fingerprint density at radius 3 is 2.88 bits per heavy atom. The molecule has 4 N–H and O–H groups in total. The number of carbonyl (C=O) groups is 1. The highest BCUT2D eigenvalue weighted by Gasteiger charge is 2.18. The average molecular weight is 368 g/mol. The number of rotatable bonds is 5. The number of amides is 1. The molecular formula is C18H20N6OS. The highest BCUT2D eigenvalue weighted by Crippen LogP contribution is 2.31. The standard InChI is InChI=1S/C18H20N6OS/c19-16(25)15-17(23-13-10-26-18-12(13)7-4-8-20-18)24-14(9-21-15)22-11-5-2-1-3-6-11/h4,7-11H,1-3,5-6H2,(H2,19,25)(H2,22,23,24). The number of aromatic nitrogens is 3. The number of nitrogens with one attached hydrogen (secondary N) is 2. The van der Waals surface area contributed by atoms with Gasteiger partial charge in [-0.25, -0.2) is 15.0 Å². The third-order valence-corrected chi connectivity index (χ3v) is 5.47. The van der Waals surface area contributed by atoms with Gasteiger partial charge in [-0.05, 0) is 25.0 Å². The van der Waals surface area contributed by atoms with Gasteiger partial charge in [-0.3, -0.25) is 4.79 Å². The largest absolute Gasteiger partial charge is 0.366 e. The molecule has 3 aromatic rings. The zero-order valence-electron chi connectivity index (χ0n) is 14.2. The van der Waals surface area contributed by atoms with Crippen LogP contribution in [-0.2, 0) is 0 Å². The van der Waals surface area contributed by atoms with Crippen molar-refractivity contribution in [2.75, 3.05) is 10.6 Å². The molecule has 7 nitrogen and oxygen atoms in total. The van der Waals surface area contributed by atoms with Crippen molar-refractivity contribution in [3.8, 4) is 0 Å². The third kappa shape index (κ3) is 3.45. The summed E-state index contributed by atoms with van der Waals surface area (Å²) in [6.45, 7) is 0. The molecule has 1 aliphatic rings. The number of hydrogen-bond acceptors (Lipinski definition) is 7. The number of pyridine rings is 1. The minimum atomic E-state index is -0.609. The fourth-order valence-corrected chi connectivity index (χ4v) is 4.12. The highest BCUT2D eigenvalue weighted by atomic mass is 32.1. The maximum Gasteiger partial charge on any atom is 0.271 e. The summed E-state index contributed by atoms with van der Waals surface area (Å²) < 4.78 is 0. The van der Waals surface area contributed by atoms with Crippen molar-refractivity contribution in [1.29, 1.82) is 0 Å². The average Bonchev–Trinajstić information content (AvgIpc) is 3.06. The Bertz CT molecular complexity index is 934. The van der Waals surface area contributed by atoms with Crippen LogP contribution >= 0.6 is 11.3 Å². The zero-order chi connectivity index (χ0) is 17.9. The van der Waals surface area contributed by atoms with Gasteiger partial charge in [-0.2, -0.15) is 0 Å². The van der Waals surface area contributed by atoms with Crippen LogP contribution < -0.4 is 16.4 Å². The number of primary amides is 1. The monoisotopic (exact) mass is 368 g/mol. The Hall–Kier alpha value is -2.74. The van der Waals surface area contributed by atoms with Gasteiger partial charge >= 0.3 is 0 Å². The second-order valence-electron chi connectivity index (χ2n) is 6.43. The predicted molar refractivity (Wildman–Crippen MR) is 104 cm³/mol. The smallest absolute Gasteiger partial charge is 0.271 e. The Balaban J connectivity index is 1.64. The van der Waals surface area contributed by atoms with Crippen molar-refractivity contribution in [3.63, 3.8) is 0 Å². The van der Waals surface area contributed by atoms with E-state index in [-0.39, 0.29) is 5.69 Å². The van der Waals surface area contributed by atoms with Crippen LogP contribution in [0.1, 0.15) is 42.6 Å². The van der Waals surface area contributed by atoms with Gasteiger partial charge in [-0.15, -0.1) is 11.3 Å². The van der Waals surface area contributed by atoms with Crippen LogP contribution in [-0.4, -0.2) is 26.9 Å². The number of carbonyl (C=O) groups excluding carboxylic acids is 1. The molecule has 1 amide bonds. The van der Waals surface area contributed by atoms with Crippen LogP contribution in [0.3, 0.4) is 0 Å². The molecular weight excluding hydrogens is 348 g/mol. The van der Waals surface area contributed by atoms with Crippen molar-refractivity contribution in [1.82, 2.24) is 15.0 Å². The molecule has 0 atom stereocenters. The fraction of sp³-hybridized carbons (Fsp3) is 0.333. The van der Waals surface area contributed by atoms with E-state index in [4.69, 9.17) is 5.73 Å². The maximum absolute atomic E-state index is 11.8. The van der Waals surface area contributed by atoms with Crippen LogP contribution in [0, 0.1) is 0 Å². The molecule has 1 aliphatic carbocycles. The van der Waals surface area contributed by atoms with E-state index in [0.29, 0.717) is 17.7 Å². The van der Waals surface area contributed by atoms with Gasteiger partial charge < -0.3 is 16.4 Å². The third-order valence-electron chi connectivity index (χ3n) is 4.57. The van der Waals surface area contributed by atoms with Crippen LogP contribution in [0.15, 0.2) is 29.9 Å². The SMILES string of the molecule is NC(=O)c1ncc(NC2CCCCC2)nc1Nc1csc2ncccc12. The number of hydrogen-bond donors (Lipinski definition) is 3. The van der Waals surface area contributed by atoms with E-state index in [1.54, 1.807) is 12.4 Å². The zero-order valence-corrected chi connectivity index (χ0v) is 15.1. The first-order chi connectivity index (χ1) is 12.7. The second-order valence-corrected chi connectivity index (χ2v) is 7.28. The van der Waals surface area contributed by atoms with E-state index < -0.39 is 5.91 Å². The molecule has 0 saturated heterocycles. The Morgan fingerprint density at radius 2 is 2.08 bits per heavy atom. The molecule has 4 rings (SSSR count). The molecule has 0 bridgehead atoms. The summed E-state index contributed by atoms with van der Waals surface area (Å²) in [6.07, 6.45) is 9.33. The lowest BCUT2D eigenvalue weighted by molar-refractivity contribution is 0.0996. The molecule has 3 aromatic heterocycles. The molecule has 0 radical (unpaired) electrons. The Labute approximate surface area is 155 Å². The van der Waals surface area contributed by atoms with Gasteiger partial charge in [0, 0.05) is 23.0 Å². The summed E-state index contributed by atoms with van der Waals surface area (Å²) >= 11 is 1.53. The molecule has 26 heavy (non-hydrogen) atoms. The van der Waals surface area contributed by atoms with E-state index >= 15 is 0 Å². The topological polar surface area (TPSA) is 106 Å². The number of fused-ring (bicyclic) bond motifs is 1. The lowest BCUT2D eigenvalue weighted by Crippen LogP contribution is -2.24. The summed E-state index contributed by atoms with van der Waals surface area (Å²) in [7, 11) is 0. The fourth-order valence-electron chi connectivity index (χ4n) is 3.27. The van der Waals surface area contributed by atoms with Crippen LogP contribution in [0.2, 0.25) is 0 Å². The van der Waals surface area contributed by atoms with Crippen molar-refractivity contribution < 1.29 is 4.79 Å². The van der Waals surface area contributed by atoms with Crippen molar-refractivity contribution in [2.45, 2.75) is 38.1 Å². The van der Waals surface area contributed by atoms with Crippen molar-refractivity contribution in [3.05, 3.63) is 35.6 Å². The first kappa shape index (κ1) is 16.7. The van der Waals surface area contributed by atoms with Gasteiger partial charge in [0.15, 0.2) is 11.5 Å². The summed E-state index contributed by atoms with van der Waals surface area (Å²) in [5.74, 6) is 0.408. The minimum absolute atomic E-state index is 0.127. The molecule has 0 aromatic carbocycles. The van der Waals surface area contributed by atoms with E-state index in [0.717, 1.165) is 28.7 Å². The lowest BCUT2D eigenvalue weighted by atomic mass is 9.96. The first-order valence-electron chi connectivity index (χ1n) is 8.73. The van der Waals surface area contributed by atoms with Gasteiger partial charge in [0.25, 0.3) is 5.91 Å². The Kier molecular flexibility index (Phi) is 4.66. The summed E-state index contributed by atoms with van der Waals surface area (Å²) in [5, 5.41) is 9.56. The number of thiophene rings is 1. The van der Waals surface area contributed by atoms with E-state index in [9.17, 15) is 4.79 Å². The van der Waals surface area contributed by atoms with Crippen LogP contribution in [0.4, 0.5) is 17.3 Å². The molecule has 1 fully saturated rings. The number of anilines is 3. The normalized spacial score (nSPS) is 15.1. The van der Waals surface area contributed by atoms with Gasteiger partial charge in [0.2, 0.25) is 0 Å². The molecule has 0 spiro atoms. The van der Waals surface area contributed by atoms with E-state index in [1.165, 1.54) is 30.6 Å². The summed E-state index contributed by atoms with van der Waals surface area (Å²) in [6, 6.07) is 4.25. The molecule has 8 heteroatoms. The minimum Gasteiger partial charge on any atom is -0.366 e. The lowest BCUT2D eigenvalue weighted by Gasteiger charge is -2.23. The highest BCUT2D eigenvalue weighted by molar-refractivity contribution is 7.17. The summed E-state index contributed by atoms with van der Waals surface area (Å²) in [5.41, 5.74) is 6.44. The molecule has 3 heterocycles. The van der Waals surface area contributed by atoms with Gasteiger partial charge in [-0.1, -0.05) is 19.3 Å². The molecule has 0 aliphatic heterocycles. The van der Waals surface area contributed by atoms with Crippen LogP contribution in [0.5, 0.6) is 0 Å².